The standard InChI is InChI=1S/C16H17FO/c1-3-13-4-8-16(9-5-13)18-11-14-6-7-15(17)10-12(14)2/h4-10H,3,11H2,1-2H3. The van der Waals surface area contributed by atoms with E-state index in [4.69, 9.17) is 4.74 Å². The number of hydrogen-bond donors (Lipinski definition) is 0. The van der Waals surface area contributed by atoms with Crippen molar-refractivity contribution in [3.8, 4) is 5.75 Å². The largest absolute Gasteiger partial charge is 0.489 e. The molecule has 0 aliphatic heterocycles. The monoisotopic (exact) mass is 244 g/mol. The second-order valence-corrected chi connectivity index (χ2v) is 4.36. The average Bonchev–Trinajstić information content (AvgIpc) is 2.38. The third kappa shape index (κ3) is 3.10. The van der Waals surface area contributed by atoms with Crippen LogP contribution in [0.5, 0.6) is 5.75 Å². The summed E-state index contributed by atoms with van der Waals surface area (Å²) in [5.74, 6) is 0.638. The topological polar surface area (TPSA) is 9.23 Å². The fourth-order valence-electron chi connectivity index (χ4n) is 1.80. The van der Waals surface area contributed by atoms with Crippen molar-refractivity contribution in [1.82, 2.24) is 0 Å². The summed E-state index contributed by atoms with van der Waals surface area (Å²) in [5.41, 5.74) is 3.22. The summed E-state index contributed by atoms with van der Waals surface area (Å²) < 4.78 is 18.6. The summed E-state index contributed by atoms with van der Waals surface area (Å²) in [6, 6.07) is 12.8. The van der Waals surface area contributed by atoms with E-state index in [9.17, 15) is 4.39 Å². The molecule has 2 rings (SSSR count). The highest BCUT2D eigenvalue weighted by Crippen LogP contribution is 2.16. The maximum absolute atomic E-state index is 13.0. The zero-order valence-electron chi connectivity index (χ0n) is 10.7. The van der Waals surface area contributed by atoms with Crippen LogP contribution in [0.4, 0.5) is 4.39 Å². The summed E-state index contributed by atoms with van der Waals surface area (Å²) in [6.45, 7) is 4.48. The van der Waals surface area contributed by atoms with Gasteiger partial charge in [0.1, 0.15) is 18.2 Å². The lowest BCUT2D eigenvalue weighted by Crippen LogP contribution is -1.98. The van der Waals surface area contributed by atoms with Crippen molar-refractivity contribution in [2.45, 2.75) is 26.9 Å². The summed E-state index contributed by atoms with van der Waals surface area (Å²) in [5, 5.41) is 0. The van der Waals surface area contributed by atoms with E-state index in [-0.39, 0.29) is 5.82 Å². The van der Waals surface area contributed by atoms with Crippen LogP contribution in [-0.4, -0.2) is 0 Å². The van der Waals surface area contributed by atoms with Gasteiger partial charge in [-0.25, -0.2) is 4.39 Å². The molecule has 0 bridgehead atoms. The Balaban J connectivity index is 2.02. The molecule has 0 fully saturated rings. The average molecular weight is 244 g/mol. The first-order valence-electron chi connectivity index (χ1n) is 6.16. The van der Waals surface area contributed by atoms with Crippen molar-refractivity contribution >= 4 is 0 Å². The Morgan fingerprint density at radius 3 is 2.39 bits per heavy atom. The third-order valence-electron chi connectivity index (χ3n) is 3.03. The van der Waals surface area contributed by atoms with E-state index in [0.29, 0.717) is 6.61 Å². The molecule has 0 aliphatic rings. The van der Waals surface area contributed by atoms with Gasteiger partial charge in [0.05, 0.1) is 0 Å². The van der Waals surface area contributed by atoms with Gasteiger partial charge in [-0.2, -0.15) is 0 Å². The van der Waals surface area contributed by atoms with Crippen LogP contribution < -0.4 is 4.74 Å². The summed E-state index contributed by atoms with van der Waals surface area (Å²) >= 11 is 0. The molecule has 2 aromatic carbocycles. The van der Waals surface area contributed by atoms with Crippen LogP contribution in [0.1, 0.15) is 23.6 Å². The van der Waals surface area contributed by atoms with Crippen LogP contribution >= 0.6 is 0 Å². The highest BCUT2D eigenvalue weighted by atomic mass is 19.1. The number of rotatable bonds is 4. The first-order valence-corrected chi connectivity index (χ1v) is 6.16. The maximum atomic E-state index is 13.0. The van der Waals surface area contributed by atoms with E-state index < -0.39 is 0 Å². The third-order valence-corrected chi connectivity index (χ3v) is 3.03. The van der Waals surface area contributed by atoms with Gasteiger partial charge in [0, 0.05) is 0 Å². The minimum atomic E-state index is -0.205. The molecule has 0 radical (unpaired) electrons. The second-order valence-electron chi connectivity index (χ2n) is 4.36. The lowest BCUT2D eigenvalue weighted by atomic mass is 10.1. The van der Waals surface area contributed by atoms with E-state index >= 15 is 0 Å². The Morgan fingerprint density at radius 1 is 1.06 bits per heavy atom. The summed E-state index contributed by atoms with van der Waals surface area (Å²) in [7, 11) is 0. The number of hydrogen-bond acceptors (Lipinski definition) is 1. The quantitative estimate of drug-likeness (QED) is 0.780. The minimum Gasteiger partial charge on any atom is -0.489 e. The smallest absolute Gasteiger partial charge is 0.123 e. The van der Waals surface area contributed by atoms with E-state index in [1.54, 1.807) is 6.07 Å². The van der Waals surface area contributed by atoms with Crippen LogP contribution in [0.25, 0.3) is 0 Å². The molecule has 0 saturated carbocycles. The van der Waals surface area contributed by atoms with Crippen LogP contribution in [0.15, 0.2) is 42.5 Å². The van der Waals surface area contributed by atoms with Crippen molar-refractivity contribution in [2.24, 2.45) is 0 Å². The van der Waals surface area contributed by atoms with E-state index in [2.05, 4.69) is 19.1 Å². The number of halogens is 1. The predicted molar refractivity (Wildman–Crippen MR) is 71.3 cm³/mol. The van der Waals surface area contributed by atoms with Gasteiger partial charge < -0.3 is 4.74 Å². The Morgan fingerprint density at radius 2 is 1.78 bits per heavy atom. The molecule has 0 aromatic heterocycles. The van der Waals surface area contributed by atoms with Gasteiger partial charge in [-0.15, -0.1) is 0 Å². The van der Waals surface area contributed by atoms with E-state index in [1.165, 1.54) is 17.7 Å². The van der Waals surface area contributed by atoms with Gasteiger partial charge in [0.2, 0.25) is 0 Å². The van der Waals surface area contributed by atoms with Crippen molar-refractivity contribution < 1.29 is 9.13 Å². The lowest BCUT2D eigenvalue weighted by Gasteiger charge is -2.09. The van der Waals surface area contributed by atoms with Crippen LogP contribution in [0, 0.1) is 12.7 Å². The SMILES string of the molecule is CCc1ccc(OCc2ccc(F)cc2C)cc1. The molecule has 0 spiro atoms. The number of ether oxygens (including phenoxy) is 1. The first-order chi connectivity index (χ1) is 8.69. The Labute approximate surface area is 107 Å². The van der Waals surface area contributed by atoms with Crippen LogP contribution in [0.2, 0.25) is 0 Å². The van der Waals surface area contributed by atoms with Crippen molar-refractivity contribution in [1.29, 1.82) is 0 Å². The van der Waals surface area contributed by atoms with Gasteiger partial charge in [-0.05, 0) is 54.3 Å². The van der Waals surface area contributed by atoms with Crippen molar-refractivity contribution in [3.05, 3.63) is 65.0 Å². The summed E-state index contributed by atoms with van der Waals surface area (Å²) in [4.78, 5) is 0. The highest BCUT2D eigenvalue weighted by molar-refractivity contribution is 5.29. The van der Waals surface area contributed by atoms with Gasteiger partial charge in [-0.1, -0.05) is 25.1 Å². The fraction of sp³-hybridized carbons (Fsp3) is 0.250. The maximum Gasteiger partial charge on any atom is 0.123 e. The summed E-state index contributed by atoms with van der Waals surface area (Å²) in [6.07, 6.45) is 1.03. The molecular weight excluding hydrogens is 227 g/mol. The molecule has 0 amide bonds. The van der Waals surface area contributed by atoms with Crippen LogP contribution in [-0.2, 0) is 13.0 Å². The van der Waals surface area contributed by atoms with Crippen molar-refractivity contribution in [3.63, 3.8) is 0 Å². The van der Waals surface area contributed by atoms with Crippen LogP contribution in [0.3, 0.4) is 0 Å². The highest BCUT2D eigenvalue weighted by Gasteiger charge is 2.01. The number of benzene rings is 2. The normalized spacial score (nSPS) is 10.4. The molecule has 0 saturated heterocycles. The molecule has 2 aromatic rings. The van der Waals surface area contributed by atoms with E-state index in [0.717, 1.165) is 23.3 Å². The molecule has 0 atom stereocenters. The van der Waals surface area contributed by atoms with E-state index in [1.807, 2.05) is 19.1 Å². The molecule has 0 aliphatic carbocycles. The fourth-order valence-corrected chi connectivity index (χ4v) is 1.80. The molecule has 0 heterocycles. The molecule has 2 heteroatoms. The molecular formula is C16H17FO. The molecule has 0 N–H and O–H groups in total. The van der Waals surface area contributed by atoms with Gasteiger partial charge in [0.15, 0.2) is 0 Å². The molecule has 18 heavy (non-hydrogen) atoms. The lowest BCUT2D eigenvalue weighted by molar-refractivity contribution is 0.305. The van der Waals surface area contributed by atoms with Crippen molar-refractivity contribution in [2.75, 3.05) is 0 Å². The zero-order chi connectivity index (χ0) is 13.0. The number of aryl methyl sites for hydroxylation is 2. The Kier molecular flexibility index (Phi) is 3.98. The zero-order valence-corrected chi connectivity index (χ0v) is 10.7. The predicted octanol–water partition coefficient (Wildman–Crippen LogP) is 4.28. The Bertz CT molecular complexity index is 517. The minimum absolute atomic E-state index is 0.205. The second kappa shape index (κ2) is 5.67. The Hall–Kier alpha value is -1.83. The molecule has 1 nitrogen and oxygen atoms in total. The molecule has 94 valence electrons. The van der Waals surface area contributed by atoms with Gasteiger partial charge >= 0.3 is 0 Å². The molecule has 0 unspecified atom stereocenters. The van der Waals surface area contributed by atoms with Gasteiger partial charge in [0.25, 0.3) is 0 Å². The first kappa shape index (κ1) is 12.6. The van der Waals surface area contributed by atoms with Gasteiger partial charge in [-0.3, -0.25) is 0 Å².